The summed E-state index contributed by atoms with van der Waals surface area (Å²) in [6.07, 6.45) is 4.34. The van der Waals surface area contributed by atoms with E-state index in [-0.39, 0.29) is 36.4 Å². The molecule has 1 aliphatic carbocycles. The number of carbonyl (C=O) groups excluding carboxylic acids is 2. The molecule has 0 aliphatic heterocycles. The zero-order valence-electron chi connectivity index (χ0n) is 17.5. The van der Waals surface area contributed by atoms with Crippen molar-refractivity contribution in [2.24, 2.45) is 0 Å². The van der Waals surface area contributed by atoms with Gasteiger partial charge in [-0.2, -0.15) is 0 Å². The van der Waals surface area contributed by atoms with Crippen molar-refractivity contribution in [3.05, 3.63) is 69.5 Å². The molecule has 2 aromatic rings. The lowest BCUT2D eigenvalue weighted by atomic mass is 10.1. The van der Waals surface area contributed by atoms with E-state index in [1.165, 1.54) is 11.0 Å². The summed E-state index contributed by atoms with van der Waals surface area (Å²) in [6.45, 7) is 1.93. The van der Waals surface area contributed by atoms with Gasteiger partial charge in [-0.25, -0.2) is 4.39 Å². The summed E-state index contributed by atoms with van der Waals surface area (Å²) in [5.41, 5.74) is 0.855. The van der Waals surface area contributed by atoms with Gasteiger partial charge in [0.1, 0.15) is 11.9 Å². The Morgan fingerprint density at radius 1 is 1.10 bits per heavy atom. The van der Waals surface area contributed by atoms with Crippen LogP contribution in [-0.4, -0.2) is 28.8 Å². The van der Waals surface area contributed by atoms with Gasteiger partial charge in [0, 0.05) is 28.2 Å². The standard InChI is InChI=1S/C24H27Cl2FN2O2/c1-2-22(24(31)28-17-9-4-5-10-17)29(15-18-19(25)11-7-12-20(18)26)23(30)14-16-8-3-6-13-21(16)27/h3,6-8,11-13,17,22H,2,4-5,9-10,14-15H2,1H3,(H,28,31)/t22-/m0/s1. The Balaban J connectivity index is 1.88. The Labute approximate surface area is 192 Å². The molecule has 1 aliphatic rings. The lowest BCUT2D eigenvalue weighted by molar-refractivity contribution is -0.141. The maximum atomic E-state index is 14.2. The molecule has 4 nitrogen and oxygen atoms in total. The van der Waals surface area contributed by atoms with Crippen molar-refractivity contribution in [2.45, 2.75) is 64.1 Å². The number of hydrogen-bond acceptors (Lipinski definition) is 2. The van der Waals surface area contributed by atoms with Crippen LogP contribution >= 0.6 is 23.2 Å². The molecule has 2 amide bonds. The summed E-state index contributed by atoms with van der Waals surface area (Å²) >= 11 is 12.7. The molecular formula is C24H27Cl2FN2O2. The Bertz CT molecular complexity index is 911. The first-order valence-corrected chi connectivity index (χ1v) is 11.4. The second-order valence-electron chi connectivity index (χ2n) is 7.90. The van der Waals surface area contributed by atoms with Crippen LogP contribution in [0, 0.1) is 5.82 Å². The average molecular weight is 465 g/mol. The Morgan fingerprint density at radius 3 is 2.35 bits per heavy atom. The van der Waals surface area contributed by atoms with Crippen molar-refractivity contribution < 1.29 is 14.0 Å². The number of nitrogens with zero attached hydrogens (tertiary/aromatic N) is 1. The number of halogens is 3. The highest BCUT2D eigenvalue weighted by molar-refractivity contribution is 6.36. The molecule has 0 radical (unpaired) electrons. The molecule has 0 aromatic heterocycles. The van der Waals surface area contributed by atoms with Crippen molar-refractivity contribution in [1.29, 1.82) is 0 Å². The monoisotopic (exact) mass is 464 g/mol. The van der Waals surface area contributed by atoms with Crippen LogP contribution in [0.5, 0.6) is 0 Å². The van der Waals surface area contributed by atoms with Crippen LogP contribution in [0.3, 0.4) is 0 Å². The number of benzene rings is 2. The first kappa shape index (κ1) is 23.6. The van der Waals surface area contributed by atoms with Crippen LogP contribution in [0.15, 0.2) is 42.5 Å². The van der Waals surface area contributed by atoms with E-state index in [4.69, 9.17) is 23.2 Å². The van der Waals surface area contributed by atoms with Gasteiger partial charge in [-0.1, -0.05) is 67.2 Å². The summed E-state index contributed by atoms with van der Waals surface area (Å²) in [7, 11) is 0. The van der Waals surface area contributed by atoms with Gasteiger partial charge < -0.3 is 10.2 Å². The van der Waals surface area contributed by atoms with Crippen molar-refractivity contribution >= 4 is 35.0 Å². The molecule has 1 N–H and O–H groups in total. The van der Waals surface area contributed by atoms with Crippen LogP contribution in [-0.2, 0) is 22.6 Å². The normalized spacial score (nSPS) is 15.0. The van der Waals surface area contributed by atoms with E-state index in [1.54, 1.807) is 36.4 Å². The SMILES string of the molecule is CC[C@@H](C(=O)NC1CCCC1)N(Cc1c(Cl)cccc1Cl)C(=O)Cc1ccccc1F. The van der Waals surface area contributed by atoms with Gasteiger partial charge in [0.2, 0.25) is 11.8 Å². The summed E-state index contributed by atoms with van der Waals surface area (Å²) in [6, 6.07) is 10.7. The molecule has 1 fully saturated rings. The molecule has 7 heteroatoms. The lowest BCUT2D eigenvalue weighted by Crippen LogP contribution is -2.51. The molecule has 0 heterocycles. The first-order valence-electron chi connectivity index (χ1n) is 10.7. The van der Waals surface area contributed by atoms with Gasteiger partial charge in [0.15, 0.2) is 0 Å². The molecule has 0 unspecified atom stereocenters. The average Bonchev–Trinajstić information content (AvgIpc) is 3.24. The maximum absolute atomic E-state index is 14.2. The molecule has 0 bridgehead atoms. The third-order valence-corrected chi connectivity index (χ3v) is 6.49. The minimum absolute atomic E-state index is 0.0718. The molecule has 166 valence electrons. The highest BCUT2D eigenvalue weighted by atomic mass is 35.5. The zero-order chi connectivity index (χ0) is 22.4. The minimum atomic E-state index is -0.702. The molecule has 3 rings (SSSR count). The third kappa shape index (κ3) is 5.98. The summed E-state index contributed by atoms with van der Waals surface area (Å²) in [4.78, 5) is 27.9. The second-order valence-corrected chi connectivity index (χ2v) is 8.72. The second kappa shape index (κ2) is 11.0. The summed E-state index contributed by atoms with van der Waals surface area (Å²) in [5.74, 6) is -0.996. The van der Waals surface area contributed by atoms with E-state index < -0.39 is 11.9 Å². The lowest BCUT2D eigenvalue weighted by Gasteiger charge is -2.32. The number of amides is 2. The van der Waals surface area contributed by atoms with E-state index in [9.17, 15) is 14.0 Å². The summed E-state index contributed by atoms with van der Waals surface area (Å²) < 4.78 is 14.2. The van der Waals surface area contributed by atoms with Gasteiger partial charge in [0.05, 0.1) is 6.42 Å². The number of carbonyl (C=O) groups is 2. The maximum Gasteiger partial charge on any atom is 0.243 e. The van der Waals surface area contributed by atoms with E-state index in [1.807, 2.05) is 6.92 Å². The van der Waals surface area contributed by atoms with Gasteiger partial charge in [-0.15, -0.1) is 0 Å². The van der Waals surface area contributed by atoms with Gasteiger partial charge in [-0.05, 0) is 43.0 Å². The van der Waals surface area contributed by atoms with Gasteiger partial charge in [0.25, 0.3) is 0 Å². The molecule has 0 spiro atoms. The van der Waals surface area contributed by atoms with Crippen LogP contribution in [0.2, 0.25) is 10.0 Å². The van der Waals surface area contributed by atoms with E-state index in [2.05, 4.69) is 5.32 Å². The largest absolute Gasteiger partial charge is 0.352 e. The van der Waals surface area contributed by atoms with Gasteiger partial charge >= 0.3 is 0 Å². The number of rotatable bonds is 8. The number of hydrogen-bond donors (Lipinski definition) is 1. The predicted octanol–water partition coefficient (Wildman–Crippen LogP) is 5.54. The van der Waals surface area contributed by atoms with Crippen molar-refractivity contribution in [2.75, 3.05) is 0 Å². The molecule has 0 saturated heterocycles. The molecule has 31 heavy (non-hydrogen) atoms. The number of nitrogens with one attached hydrogen (secondary N) is 1. The fourth-order valence-electron chi connectivity index (χ4n) is 4.05. The Hall–Kier alpha value is -2.11. The molecule has 1 saturated carbocycles. The first-order chi connectivity index (χ1) is 14.9. The quantitative estimate of drug-likeness (QED) is 0.557. The van der Waals surface area contributed by atoms with E-state index >= 15 is 0 Å². The Morgan fingerprint density at radius 2 is 1.74 bits per heavy atom. The van der Waals surface area contributed by atoms with Gasteiger partial charge in [-0.3, -0.25) is 9.59 Å². The van der Waals surface area contributed by atoms with Crippen LogP contribution in [0.25, 0.3) is 0 Å². The van der Waals surface area contributed by atoms with Crippen LogP contribution in [0.1, 0.15) is 50.2 Å². The van der Waals surface area contributed by atoms with Crippen molar-refractivity contribution in [3.63, 3.8) is 0 Å². The zero-order valence-corrected chi connectivity index (χ0v) is 19.1. The van der Waals surface area contributed by atoms with Crippen molar-refractivity contribution in [3.8, 4) is 0 Å². The van der Waals surface area contributed by atoms with E-state index in [0.29, 0.717) is 22.0 Å². The molecule has 1 atom stereocenters. The predicted molar refractivity (Wildman–Crippen MR) is 122 cm³/mol. The fourth-order valence-corrected chi connectivity index (χ4v) is 4.56. The minimum Gasteiger partial charge on any atom is -0.352 e. The van der Waals surface area contributed by atoms with Crippen LogP contribution in [0.4, 0.5) is 4.39 Å². The smallest absolute Gasteiger partial charge is 0.243 e. The topological polar surface area (TPSA) is 49.4 Å². The Kier molecular flexibility index (Phi) is 8.33. The third-order valence-electron chi connectivity index (χ3n) is 5.78. The van der Waals surface area contributed by atoms with E-state index in [0.717, 1.165) is 25.7 Å². The van der Waals surface area contributed by atoms with Crippen molar-refractivity contribution in [1.82, 2.24) is 10.2 Å². The molecular weight excluding hydrogens is 438 g/mol. The van der Waals surface area contributed by atoms with Crippen LogP contribution < -0.4 is 5.32 Å². The highest BCUT2D eigenvalue weighted by Gasteiger charge is 2.31. The fraction of sp³-hybridized carbons (Fsp3) is 0.417. The summed E-state index contributed by atoms with van der Waals surface area (Å²) in [5, 5.41) is 3.92. The highest BCUT2D eigenvalue weighted by Crippen LogP contribution is 2.28. The molecule has 2 aromatic carbocycles.